The Balaban J connectivity index is 1.39. The largest absolute Gasteiger partial charge is 0.441 e. The molecule has 31 heavy (non-hydrogen) atoms. The van der Waals surface area contributed by atoms with E-state index in [4.69, 9.17) is 4.42 Å². The number of pyridine rings is 1. The third kappa shape index (κ3) is 5.10. The van der Waals surface area contributed by atoms with Gasteiger partial charge >= 0.3 is 0 Å². The smallest absolute Gasteiger partial charge is 0.228 e. The fourth-order valence-electron chi connectivity index (χ4n) is 4.10. The topological polar surface area (TPSA) is 71.3 Å². The molecule has 1 unspecified atom stereocenters. The minimum Gasteiger partial charge on any atom is -0.441 e. The third-order valence-corrected chi connectivity index (χ3v) is 6.01. The minimum atomic E-state index is -0.346. The molecule has 1 N–H and O–H groups in total. The van der Waals surface area contributed by atoms with Crippen molar-refractivity contribution in [3.8, 4) is 11.3 Å². The molecule has 6 nitrogen and oxygen atoms in total. The number of nitrogens with zero attached hydrogens (tertiary/aromatic N) is 3. The molecule has 1 aromatic carbocycles. The molecule has 1 saturated heterocycles. The summed E-state index contributed by atoms with van der Waals surface area (Å²) in [5.41, 5.74) is 1.71. The minimum absolute atomic E-state index is 0.0835. The van der Waals surface area contributed by atoms with Crippen LogP contribution in [0.15, 0.2) is 41.1 Å². The van der Waals surface area contributed by atoms with E-state index in [0.29, 0.717) is 19.0 Å². The lowest BCUT2D eigenvalue weighted by molar-refractivity contribution is -0.131. The lowest BCUT2D eigenvalue weighted by atomic mass is 10.0. The number of aromatic nitrogens is 2. The average Bonchev–Trinajstić information content (AvgIpc) is 3.23. The van der Waals surface area contributed by atoms with E-state index in [-0.39, 0.29) is 31.1 Å². The molecule has 1 aliphatic heterocycles. The molecule has 0 bridgehead atoms. The summed E-state index contributed by atoms with van der Waals surface area (Å²) in [5, 5.41) is 5.40. The zero-order valence-corrected chi connectivity index (χ0v) is 18.1. The standard InChI is InChI=1S/C24H29FN4O2/c1-3-20(13-25)28-21-6-8-29(9-7-21)24(30)12-22-11-19-10-17(4-5-18(19)14-27-22)23-15-26-16(2)31-23/h4-5,10-11,14-15,20-21,28H,3,6-9,12-13H2,1-2H3. The Hall–Kier alpha value is -2.80. The van der Waals surface area contributed by atoms with E-state index in [2.05, 4.69) is 15.3 Å². The van der Waals surface area contributed by atoms with Gasteiger partial charge in [0.25, 0.3) is 0 Å². The van der Waals surface area contributed by atoms with Crippen molar-refractivity contribution >= 4 is 16.7 Å². The quantitative estimate of drug-likeness (QED) is 0.619. The number of aryl methyl sites for hydroxylation is 1. The molecule has 1 amide bonds. The fourth-order valence-corrected chi connectivity index (χ4v) is 4.10. The molecule has 3 aromatic rings. The first-order chi connectivity index (χ1) is 15.1. The number of hydrogen-bond acceptors (Lipinski definition) is 5. The molecule has 1 atom stereocenters. The van der Waals surface area contributed by atoms with E-state index in [9.17, 15) is 9.18 Å². The van der Waals surface area contributed by atoms with Crippen LogP contribution in [0.2, 0.25) is 0 Å². The van der Waals surface area contributed by atoms with Crippen LogP contribution in [0.1, 0.15) is 37.8 Å². The van der Waals surface area contributed by atoms with Crippen LogP contribution in [-0.4, -0.2) is 52.6 Å². The van der Waals surface area contributed by atoms with E-state index >= 15 is 0 Å². The molecule has 0 saturated carbocycles. The fraction of sp³-hybridized carbons (Fsp3) is 0.458. The number of alkyl halides is 1. The Kier molecular flexibility index (Phi) is 6.61. The first-order valence-electron chi connectivity index (χ1n) is 11.0. The molecule has 1 fully saturated rings. The van der Waals surface area contributed by atoms with Gasteiger partial charge in [-0.05, 0) is 36.8 Å². The van der Waals surface area contributed by atoms with Crippen molar-refractivity contribution in [1.29, 1.82) is 0 Å². The van der Waals surface area contributed by atoms with E-state index in [1.165, 1.54) is 0 Å². The molecule has 2 aromatic heterocycles. The van der Waals surface area contributed by atoms with E-state index in [1.807, 2.05) is 49.2 Å². The number of piperidine rings is 1. The molecule has 164 valence electrons. The Morgan fingerprint density at radius 3 is 2.71 bits per heavy atom. The summed E-state index contributed by atoms with van der Waals surface area (Å²) in [5.74, 6) is 1.44. The molecular weight excluding hydrogens is 395 g/mol. The Morgan fingerprint density at radius 2 is 2.03 bits per heavy atom. The molecule has 0 spiro atoms. The van der Waals surface area contributed by atoms with Gasteiger partial charge in [0.1, 0.15) is 6.67 Å². The molecule has 4 rings (SSSR count). The lowest BCUT2D eigenvalue weighted by Gasteiger charge is -2.34. The number of fused-ring (bicyclic) bond motifs is 1. The second-order valence-corrected chi connectivity index (χ2v) is 8.24. The highest BCUT2D eigenvalue weighted by molar-refractivity contribution is 5.87. The van der Waals surface area contributed by atoms with Crippen LogP contribution in [0.3, 0.4) is 0 Å². The van der Waals surface area contributed by atoms with Crippen LogP contribution in [0, 0.1) is 6.92 Å². The maximum atomic E-state index is 13.0. The van der Waals surface area contributed by atoms with Crippen LogP contribution in [0.4, 0.5) is 4.39 Å². The molecule has 3 heterocycles. The van der Waals surface area contributed by atoms with Crippen molar-refractivity contribution in [2.45, 2.75) is 51.6 Å². The SMILES string of the molecule is CCC(CF)NC1CCN(C(=O)Cc2cc3cc(-c4cnc(C)o4)ccc3cn2)CC1. The maximum absolute atomic E-state index is 13.0. The van der Waals surface area contributed by atoms with Gasteiger partial charge in [-0.1, -0.05) is 19.1 Å². The number of hydrogen-bond donors (Lipinski definition) is 1. The molecular formula is C24H29FN4O2. The highest BCUT2D eigenvalue weighted by atomic mass is 19.1. The van der Waals surface area contributed by atoms with E-state index in [1.54, 1.807) is 6.20 Å². The molecule has 7 heteroatoms. The number of rotatable bonds is 7. The van der Waals surface area contributed by atoms with Crippen molar-refractivity contribution in [2.24, 2.45) is 0 Å². The number of amides is 1. The van der Waals surface area contributed by atoms with E-state index < -0.39 is 0 Å². The first kappa shape index (κ1) is 21.4. The van der Waals surface area contributed by atoms with Gasteiger partial charge in [0, 0.05) is 49.2 Å². The van der Waals surface area contributed by atoms with Gasteiger partial charge in [-0.25, -0.2) is 9.37 Å². The van der Waals surface area contributed by atoms with Gasteiger partial charge in [-0.2, -0.15) is 0 Å². The summed E-state index contributed by atoms with van der Waals surface area (Å²) in [4.78, 5) is 23.4. The van der Waals surface area contributed by atoms with Gasteiger partial charge in [0.2, 0.25) is 5.91 Å². The second kappa shape index (κ2) is 9.56. The maximum Gasteiger partial charge on any atom is 0.228 e. The highest BCUT2D eigenvalue weighted by Crippen LogP contribution is 2.25. The number of halogens is 1. The highest BCUT2D eigenvalue weighted by Gasteiger charge is 2.24. The number of benzene rings is 1. The summed E-state index contributed by atoms with van der Waals surface area (Å²) in [6.45, 7) is 4.85. The summed E-state index contributed by atoms with van der Waals surface area (Å²) in [7, 11) is 0. The summed E-state index contributed by atoms with van der Waals surface area (Å²) in [6, 6.07) is 8.19. The lowest BCUT2D eigenvalue weighted by Crippen LogP contribution is -2.48. The van der Waals surface area contributed by atoms with E-state index in [0.717, 1.165) is 47.1 Å². The second-order valence-electron chi connectivity index (χ2n) is 8.24. The van der Waals surface area contributed by atoms with Gasteiger partial charge in [-0.3, -0.25) is 9.78 Å². The van der Waals surface area contributed by atoms with Gasteiger partial charge in [0.15, 0.2) is 11.7 Å². The summed E-state index contributed by atoms with van der Waals surface area (Å²) in [6.07, 6.45) is 6.30. The predicted molar refractivity (Wildman–Crippen MR) is 118 cm³/mol. The van der Waals surface area contributed by atoms with Crippen molar-refractivity contribution in [1.82, 2.24) is 20.2 Å². The summed E-state index contributed by atoms with van der Waals surface area (Å²) >= 11 is 0. The third-order valence-electron chi connectivity index (χ3n) is 6.01. The zero-order chi connectivity index (χ0) is 21.8. The van der Waals surface area contributed by atoms with Crippen molar-refractivity contribution in [3.63, 3.8) is 0 Å². The predicted octanol–water partition coefficient (Wildman–Crippen LogP) is 4.07. The van der Waals surface area contributed by atoms with Crippen LogP contribution >= 0.6 is 0 Å². The van der Waals surface area contributed by atoms with Crippen molar-refractivity contribution in [2.75, 3.05) is 19.8 Å². The average molecular weight is 425 g/mol. The number of likely N-dealkylation sites (tertiary alicyclic amines) is 1. The Labute approximate surface area is 181 Å². The summed E-state index contributed by atoms with van der Waals surface area (Å²) < 4.78 is 18.6. The van der Waals surface area contributed by atoms with Crippen molar-refractivity contribution < 1.29 is 13.6 Å². The van der Waals surface area contributed by atoms with Gasteiger partial charge in [-0.15, -0.1) is 0 Å². The zero-order valence-electron chi connectivity index (χ0n) is 18.1. The number of nitrogens with one attached hydrogen (secondary N) is 1. The van der Waals surface area contributed by atoms with Gasteiger partial charge in [0.05, 0.1) is 18.3 Å². The number of carbonyl (C=O) groups is 1. The van der Waals surface area contributed by atoms with Crippen LogP contribution in [0.25, 0.3) is 22.1 Å². The Bertz CT molecular complexity index is 1040. The molecule has 1 aliphatic rings. The molecule has 0 radical (unpaired) electrons. The van der Waals surface area contributed by atoms with Gasteiger partial charge < -0.3 is 14.6 Å². The monoisotopic (exact) mass is 424 g/mol. The van der Waals surface area contributed by atoms with Crippen LogP contribution in [0.5, 0.6) is 0 Å². The molecule has 0 aliphatic carbocycles. The normalized spacial score (nSPS) is 16.0. The number of carbonyl (C=O) groups excluding carboxylic acids is 1. The first-order valence-corrected chi connectivity index (χ1v) is 11.0. The number of oxazole rings is 1. The van der Waals surface area contributed by atoms with Crippen LogP contribution < -0.4 is 5.32 Å². The van der Waals surface area contributed by atoms with Crippen molar-refractivity contribution in [3.05, 3.63) is 48.2 Å². The Morgan fingerprint density at radius 1 is 1.23 bits per heavy atom. The van der Waals surface area contributed by atoms with Crippen LogP contribution in [-0.2, 0) is 11.2 Å².